The highest BCUT2D eigenvalue weighted by Gasteiger charge is 2.41. The zero-order chi connectivity index (χ0) is 16.6. The topological polar surface area (TPSA) is 51.4 Å². The van der Waals surface area contributed by atoms with Crippen molar-refractivity contribution < 1.29 is 4.74 Å². The molecule has 0 amide bonds. The Morgan fingerprint density at radius 2 is 2.17 bits per heavy atom. The predicted molar refractivity (Wildman–Crippen MR) is 98.2 cm³/mol. The van der Waals surface area contributed by atoms with Gasteiger partial charge in [0, 0.05) is 42.0 Å². The number of rotatable bonds is 3. The number of piperidine rings is 1. The molecule has 2 aliphatic heterocycles. The summed E-state index contributed by atoms with van der Waals surface area (Å²) in [5.74, 6) is 0.587. The summed E-state index contributed by atoms with van der Waals surface area (Å²) < 4.78 is 6.36. The van der Waals surface area contributed by atoms with Crippen LogP contribution in [-0.4, -0.2) is 29.6 Å². The van der Waals surface area contributed by atoms with Crippen LogP contribution in [0.5, 0.6) is 0 Å². The molecule has 2 aromatic heterocycles. The van der Waals surface area contributed by atoms with E-state index in [0.717, 1.165) is 51.9 Å². The molecular weight excluding hydrogens is 318 g/mol. The molecule has 2 aliphatic rings. The maximum atomic E-state index is 6.36. The molecule has 4 nitrogen and oxygen atoms in total. The SMILES string of the molecule is CCc1cc2c(s1)CCOC21CCN(Cc2ccc(N)nc2)CC1. The van der Waals surface area contributed by atoms with Gasteiger partial charge in [0.25, 0.3) is 0 Å². The minimum atomic E-state index is -0.0344. The lowest BCUT2D eigenvalue weighted by molar-refractivity contribution is -0.0981. The molecule has 128 valence electrons. The van der Waals surface area contributed by atoms with Gasteiger partial charge in [-0.1, -0.05) is 13.0 Å². The average Bonchev–Trinajstić information content (AvgIpc) is 3.04. The van der Waals surface area contributed by atoms with Crippen molar-refractivity contribution in [3.63, 3.8) is 0 Å². The number of nitrogen functional groups attached to an aromatic ring is 1. The summed E-state index contributed by atoms with van der Waals surface area (Å²) >= 11 is 1.99. The molecule has 4 heterocycles. The van der Waals surface area contributed by atoms with E-state index in [1.54, 1.807) is 4.88 Å². The van der Waals surface area contributed by atoms with Gasteiger partial charge in [-0.15, -0.1) is 11.3 Å². The Morgan fingerprint density at radius 1 is 1.33 bits per heavy atom. The third kappa shape index (κ3) is 2.96. The first-order valence-electron chi connectivity index (χ1n) is 8.87. The zero-order valence-electron chi connectivity index (χ0n) is 14.3. The van der Waals surface area contributed by atoms with Crippen molar-refractivity contribution in [2.24, 2.45) is 0 Å². The number of nitrogens with two attached hydrogens (primary N) is 1. The number of nitrogens with zero attached hydrogens (tertiary/aromatic N) is 2. The summed E-state index contributed by atoms with van der Waals surface area (Å²) in [5.41, 5.74) is 8.36. The normalized spacial score (nSPS) is 20.2. The van der Waals surface area contributed by atoms with Crippen LogP contribution < -0.4 is 5.73 Å². The van der Waals surface area contributed by atoms with Gasteiger partial charge in [0.05, 0.1) is 12.2 Å². The van der Waals surface area contributed by atoms with E-state index >= 15 is 0 Å². The highest BCUT2D eigenvalue weighted by atomic mass is 32.1. The molecule has 1 fully saturated rings. The number of fused-ring (bicyclic) bond motifs is 2. The van der Waals surface area contributed by atoms with Crippen LogP contribution in [0.25, 0.3) is 0 Å². The summed E-state index contributed by atoms with van der Waals surface area (Å²) in [6.07, 6.45) is 6.28. The number of ether oxygens (including phenoxy) is 1. The predicted octanol–water partition coefficient (Wildman–Crippen LogP) is 3.35. The van der Waals surface area contributed by atoms with Crippen LogP contribution in [0.15, 0.2) is 24.4 Å². The van der Waals surface area contributed by atoms with Gasteiger partial charge >= 0.3 is 0 Å². The van der Waals surface area contributed by atoms with E-state index in [1.807, 2.05) is 23.6 Å². The second kappa shape index (κ2) is 6.47. The number of hydrogen-bond acceptors (Lipinski definition) is 5. The van der Waals surface area contributed by atoms with Crippen molar-refractivity contribution in [3.05, 3.63) is 45.3 Å². The maximum Gasteiger partial charge on any atom is 0.123 e. The van der Waals surface area contributed by atoms with E-state index in [-0.39, 0.29) is 5.60 Å². The summed E-state index contributed by atoms with van der Waals surface area (Å²) in [6, 6.07) is 6.38. The minimum absolute atomic E-state index is 0.0344. The molecule has 5 heteroatoms. The Hall–Kier alpha value is -1.43. The van der Waals surface area contributed by atoms with Crippen LogP contribution in [0.1, 0.15) is 40.6 Å². The summed E-state index contributed by atoms with van der Waals surface area (Å²) in [6.45, 7) is 6.20. The average molecular weight is 343 g/mol. The van der Waals surface area contributed by atoms with Crippen LogP contribution in [-0.2, 0) is 29.7 Å². The number of thiophene rings is 1. The molecule has 1 saturated heterocycles. The summed E-state index contributed by atoms with van der Waals surface area (Å²) in [7, 11) is 0. The molecule has 2 aromatic rings. The highest BCUT2D eigenvalue weighted by Crippen LogP contribution is 2.44. The molecule has 0 bridgehead atoms. The summed E-state index contributed by atoms with van der Waals surface area (Å²) in [5, 5.41) is 0. The fourth-order valence-corrected chi connectivity index (χ4v) is 5.10. The number of hydrogen-bond donors (Lipinski definition) is 1. The fraction of sp³-hybridized carbons (Fsp3) is 0.526. The second-order valence-electron chi connectivity index (χ2n) is 6.86. The van der Waals surface area contributed by atoms with Crippen molar-refractivity contribution in [1.29, 1.82) is 0 Å². The molecule has 1 spiro atoms. The fourth-order valence-electron chi connectivity index (χ4n) is 3.92. The van der Waals surface area contributed by atoms with Gasteiger partial charge in [-0.05, 0) is 42.5 Å². The quantitative estimate of drug-likeness (QED) is 0.928. The molecular formula is C19H25N3OS. The molecule has 0 atom stereocenters. The molecule has 4 rings (SSSR count). The van der Waals surface area contributed by atoms with Crippen molar-refractivity contribution in [2.45, 2.75) is 44.8 Å². The number of pyridine rings is 1. The highest BCUT2D eigenvalue weighted by molar-refractivity contribution is 7.12. The van der Waals surface area contributed by atoms with Crippen LogP contribution in [0.3, 0.4) is 0 Å². The van der Waals surface area contributed by atoms with Gasteiger partial charge in [-0.2, -0.15) is 0 Å². The molecule has 0 saturated carbocycles. The van der Waals surface area contributed by atoms with Crippen molar-refractivity contribution in [2.75, 3.05) is 25.4 Å². The summed E-state index contributed by atoms with van der Waals surface area (Å²) in [4.78, 5) is 9.77. The third-order valence-electron chi connectivity index (χ3n) is 5.32. The molecule has 0 radical (unpaired) electrons. The van der Waals surface area contributed by atoms with Gasteiger partial charge in [-0.3, -0.25) is 4.90 Å². The van der Waals surface area contributed by atoms with Crippen LogP contribution in [0.2, 0.25) is 0 Å². The Balaban J connectivity index is 1.46. The van der Waals surface area contributed by atoms with E-state index in [1.165, 1.54) is 16.0 Å². The first-order valence-corrected chi connectivity index (χ1v) is 9.69. The Morgan fingerprint density at radius 3 is 2.88 bits per heavy atom. The maximum absolute atomic E-state index is 6.36. The van der Waals surface area contributed by atoms with Gasteiger partial charge in [-0.25, -0.2) is 4.98 Å². The standard InChI is InChI=1S/C19H25N3OS/c1-2-15-11-16-17(24-15)5-10-23-19(16)6-8-22(9-7-19)13-14-3-4-18(20)21-12-14/h3-4,11-12H,2,5-10,13H2,1H3,(H2,20,21). The van der Waals surface area contributed by atoms with Gasteiger partial charge in [0.1, 0.15) is 5.82 Å². The molecule has 0 unspecified atom stereocenters. The van der Waals surface area contributed by atoms with E-state index < -0.39 is 0 Å². The van der Waals surface area contributed by atoms with E-state index in [9.17, 15) is 0 Å². The van der Waals surface area contributed by atoms with Crippen LogP contribution >= 0.6 is 11.3 Å². The third-order valence-corrected chi connectivity index (χ3v) is 6.66. The number of likely N-dealkylation sites (tertiary alicyclic amines) is 1. The largest absolute Gasteiger partial charge is 0.384 e. The molecule has 0 aliphatic carbocycles. The van der Waals surface area contributed by atoms with Gasteiger partial charge in [0.15, 0.2) is 0 Å². The van der Waals surface area contributed by atoms with E-state index in [4.69, 9.17) is 10.5 Å². The number of anilines is 1. The first-order chi connectivity index (χ1) is 11.7. The van der Waals surface area contributed by atoms with Crippen molar-refractivity contribution in [3.8, 4) is 0 Å². The van der Waals surface area contributed by atoms with Gasteiger partial charge in [0.2, 0.25) is 0 Å². The molecule has 0 aromatic carbocycles. The lowest BCUT2D eigenvalue weighted by Gasteiger charge is -2.44. The van der Waals surface area contributed by atoms with Crippen LogP contribution in [0.4, 0.5) is 5.82 Å². The second-order valence-corrected chi connectivity index (χ2v) is 8.08. The van der Waals surface area contributed by atoms with Crippen LogP contribution in [0, 0.1) is 0 Å². The smallest absolute Gasteiger partial charge is 0.123 e. The molecule has 24 heavy (non-hydrogen) atoms. The Labute approximate surface area is 147 Å². The first kappa shape index (κ1) is 16.1. The Bertz CT molecular complexity index is 702. The van der Waals surface area contributed by atoms with Crippen molar-refractivity contribution >= 4 is 17.2 Å². The van der Waals surface area contributed by atoms with Gasteiger partial charge < -0.3 is 10.5 Å². The lowest BCUT2D eigenvalue weighted by atomic mass is 9.82. The lowest BCUT2D eigenvalue weighted by Crippen LogP contribution is -2.45. The molecule has 2 N–H and O–H groups in total. The van der Waals surface area contributed by atoms with E-state index in [2.05, 4.69) is 28.9 Å². The van der Waals surface area contributed by atoms with Crippen molar-refractivity contribution in [1.82, 2.24) is 9.88 Å². The number of aryl methyl sites for hydroxylation is 1. The Kier molecular flexibility index (Phi) is 4.33. The minimum Gasteiger partial charge on any atom is -0.384 e. The monoisotopic (exact) mass is 343 g/mol. The zero-order valence-corrected chi connectivity index (χ0v) is 15.1. The van der Waals surface area contributed by atoms with E-state index in [0.29, 0.717) is 5.82 Å². The number of aromatic nitrogens is 1.